The maximum absolute atomic E-state index is 5.65. The van der Waals surface area contributed by atoms with Gasteiger partial charge in [-0.3, -0.25) is 4.99 Å². The Bertz CT molecular complexity index is 760. The molecule has 0 radical (unpaired) electrons. The van der Waals surface area contributed by atoms with Crippen LogP contribution in [0.4, 0.5) is 0 Å². The van der Waals surface area contributed by atoms with Crippen LogP contribution in [0.2, 0.25) is 0 Å². The third-order valence-corrected chi connectivity index (χ3v) is 4.48. The van der Waals surface area contributed by atoms with Crippen LogP contribution in [0.3, 0.4) is 0 Å². The summed E-state index contributed by atoms with van der Waals surface area (Å²) >= 11 is 0. The van der Waals surface area contributed by atoms with Crippen molar-refractivity contribution in [2.24, 2.45) is 4.99 Å². The fourth-order valence-electron chi connectivity index (χ4n) is 2.97. The number of hydrogen-bond donors (Lipinski definition) is 2. The Labute approximate surface area is 174 Å². The van der Waals surface area contributed by atoms with Gasteiger partial charge in [0.1, 0.15) is 0 Å². The van der Waals surface area contributed by atoms with E-state index < -0.39 is 0 Å². The largest absolute Gasteiger partial charge is 0.493 e. The topological polar surface area (TPSA) is 64.1 Å². The molecule has 29 heavy (non-hydrogen) atoms. The minimum Gasteiger partial charge on any atom is -0.493 e. The zero-order chi connectivity index (χ0) is 20.9. The van der Waals surface area contributed by atoms with E-state index in [1.807, 2.05) is 13.0 Å². The van der Waals surface area contributed by atoms with E-state index in [4.69, 9.17) is 14.2 Å². The predicted molar refractivity (Wildman–Crippen MR) is 118 cm³/mol. The predicted octanol–water partition coefficient (Wildman–Crippen LogP) is 3.54. The summed E-state index contributed by atoms with van der Waals surface area (Å²) in [5.74, 6) is 2.37. The molecule has 2 rings (SSSR count). The zero-order valence-corrected chi connectivity index (χ0v) is 18.0. The molecule has 0 saturated carbocycles. The molecule has 0 heterocycles. The van der Waals surface area contributed by atoms with Crippen molar-refractivity contribution >= 4 is 5.96 Å². The third kappa shape index (κ3) is 7.66. The molecule has 6 nitrogen and oxygen atoms in total. The molecule has 0 unspecified atom stereocenters. The molecule has 0 spiro atoms. The van der Waals surface area contributed by atoms with Crippen molar-refractivity contribution in [1.82, 2.24) is 10.6 Å². The lowest BCUT2D eigenvalue weighted by atomic mass is 10.1. The number of methoxy groups -OCH3 is 2. The molecule has 0 aliphatic carbocycles. The molecular formula is C23H33N3O3. The Kier molecular flexibility index (Phi) is 9.86. The summed E-state index contributed by atoms with van der Waals surface area (Å²) in [5, 5.41) is 6.71. The quantitative estimate of drug-likeness (QED) is 0.344. The average Bonchev–Trinajstić information content (AvgIpc) is 2.75. The molecule has 0 atom stereocenters. The van der Waals surface area contributed by atoms with Crippen LogP contribution in [0.25, 0.3) is 0 Å². The molecule has 2 aromatic carbocycles. The molecule has 0 saturated heterocycles. The Hall–Kier alpha value is -2.73. The van der Waals surface area contributed by atoms with Gasteiger partial charge in [0.15, 0.2) is 17.5 Å². The molecule has 0 aliphatic heterocycles. The molecule has 0 bridgehead atoms. The second-order valence-electron chi connectivity index (χ2n) is 6.62. The van der Waals surface area contributed by atoms with E-state index in [-0.39, 0.29) is 0 Å². The van der Waals surface area contributed by atoms with Crippen LogP contribution in [-0.4, -0.2) is 40.4 Å². The molecule has 6 heteroatoms. The first-order valence-electron chi connectivity index (χ1n) is 10.0. The summed E-state index contributed by atoms with van der Waals surface area (Å²) in [5.41, 5.74) is 3.61. The fourth-order valence-corrected chi connectivity index (χ4v) is 2.97. The standard InChI is InChI=1S/C23H33N3O3/c1-5-29-22-15-18(12-13-21(22)28-4)7-6-14-25-23(24-2)26-16-19-8-10-20(11-9-19)17-27-3/h8-13,15H,5-7,14,16-17H2,1-4H3,(H2,24,25,26). The van der Waals surface area contributed by atoms with Gasteiger partial charge in [0.2, 0.25) is 0 Å². The highest BCUT2D eigenvalue weighted by atomic mass is 16.5. The van der Waals surface area contributed by atoms with Crippen LogP contribution >= 0.6 is 0 Å². The van der Waals surface area contributed by atoms with Gasteiger partial charge < -0.3 is 24.8 Å². The lowest BCUT2D eigenvalue weighted by Crippen LogP contribution is -2.37. The highest BCUT2D eigenvalue weighted by Gasteiger charge is 2.05. The van der Waals surface area contributed by atoms with Crippen molar-refractivity contribution in [3.8, 4) is 11.5 Å². The van der Waals surface area contributed by atoms with Gasteiger partial charge in [0.25, 0.3) is 0 Å². The third-order valence-electron chi connectivity index (χ3n) is 4.48. The van der Waals surface area contributed by atoms with Crippen LogP contribution in [0.1, 0.15) is 30.0 Å². The number of guanidine groups is 1. The number of nitrogens with one attached hydrogen (secondary N) is 2. The van der Waals surface area contributed by atoms with Crippen molar-refractivity contribution in [2.75, 3.05) is 34.4 Å². The van der Waals surface area contributed by atoms with E-state index in [1.54, 1.807) is 21.3 Å². The summed E-state index contributed by atoms with van der Waals surface area (Å²) in [4.78, 5) is 4.29. The van der Waals surface area contributed by atoms with E-state index in [2.05, 4.69) is 52.0 Å². The van der Waals surface area contributed by atoms with Gasteiger partial charge >= 0.3 is 0 Å². The van der Waals surface area contributed by atoms with Crippen LogP contribution in [0, 0.1) is 0 Å². The van der Waals surface area contributed by atoms with Gasteiger partial charge in [-0.1, -0.05) is 30.3 Å². The van der Waals surface area contributed by atoms with Crippen LogP contribution in [-0.2, 0) is 24.3 Å². The zero-order valence-electron chi connectivity index (χ0n) is 18.0. The lowest BCUT2D eigenvalue weighted by molar-refractivity contribution is 0.185. The molecule has 0 fully saturated rings. The summed E-state index contributed by atoms with van der Waals surface area (Å²) in [6.07, 6.45) is 1.94. The van der Waals surface area contributed by atoms with Crippen molar-refractivity contribution in [3.63, 3.8) is 0 Å². The number of benzene rings is 2. The van der Waals surface area contributed by atoms with Crippen molar-refractivity contribution in [3.05, 3.63) is 59.2 Å². The summed E-state index contributed by atoms with van der Waals surface area (Å²) in [6.45, 7) is 4.80. The Balaban J connectivity index is 1.75. The molecule has 0 amide bonds. The summed E-state index contributed by atoms with van der Waals surface area (Å²) < 4.78 is 16.1. The van der Waals surface area contributed by atoms with E-state index in [1.165, 1.54) is 16.7 Å². The number of aliphatic imine (C=N–C) groups is 1. The van der Waals surface area contributed by atoms with Gasteiger partial charge in [-0.2, -0.15) is 0 Å². The maximum Gasteiger partial charge on any atom is 0.191 e. The van der Waals surface area contributed by atoms with Crippen LogP contribution in [0.5, 0.6) is 11.5 Å². The van der Waals surface area contributed by atoms with Gasteiger partial charge in [-0.15, -0.1) is 0 Å². The number of aryl methyl sites for hydroxylation is 1. The van der Waals surface area contributed by atoms with E-state index >= 15 is 0 Å². The molecule has 158 valence electrons. The number of nitrogens with zero attached hydrogens (tertiary/aromatic N) is 1. The Morgan fingerprint density at radius 3 is 2.31 bits per heavy atom. The van der Waals surface area contributed by atoms with E-state index in [9.17, 15) is 0 Å². The molecule has 0 aromatic heterocycles. The average molecular weight is 400 g/mol. The molecule has 2 aromatic rings. The number of rotatable bonds is 11. The molecular weight excluding hydrogens is 366 g/mol. The van der Waals surface area contributed by atoms with Gasteiger partial charge in [0, 0.05) is 27.2 Å². The number of ether oxygens (including phenoxy) is 3. The van der Waals surface area contributed by atoms with Gasteiger partial charge in [-0.05, 0) is 48.6 Å². The minimum atomic E-state index is 0.623. The first-order chi connectivity index (χ1) is 14.2. The van der Waals surface area contributed by atoms with Crippen LogP contribution < -0.4 is 20.1 Å². The minimum absolute atomic E-state index is 0.623. The van der Waals surface area contributed by atoms with E-state index in [0.717, 1.165) is 43.4 Å². The van der Waals surface area contributed by atoms with Gasteiger partial charge in [-0.25, -0.2) is 0 Å². The van der Waals surface area contributed by atoms with Crippen molar-refractivity contribution in [2.45, 2.75) is 32.9 Å². The summed E-state index contributed by atoms with van der Waals surface area (Å²) in [7, 11) is 5.15. The van der Waals surface area contributed by atoms with Crippen molar-refractivity contribution in [1.29, 1.82) is 0 Å². The van der Waals surface area contributed by atoms with Crippen molar-refractivity contribution < 1.29 is 14.2 Å². The SMILES string of the molecule is CCOc1cc(CCCNC(=NC)NCc2ccc(COC)cc2)ccc1OC. The Morgan fingerprint density at radius 2 is 1.66 bits per heavy atom. The Morgan fingerprint density at radius 1 is 0.931 bits per heavy atom. The van der Waals surface area contributed by atoms with Gasteiger partial charge in [0.05, 0.1) is 20.3 Å². The highest BCUT2D eigenvalue weighted by molar-refractivity contribution is 5.79. The fraction of sp³-hybridized carbons (Fsp3) is 0.435. The smallest absolute Gasteiger partial charge is 0.191 e. The lowest BCUT2D eigenvalue weighted by Gasteiger charge is -2.13. The van der Waals surface area contributed by atoms with Crippen LogP contribution in [0.15, 0.2) is 47.5 Å². The molecule has 2 N–H and O–H groups in total. The second kappa shape index (κ2) is 12.7. The highest BCUT2D eigenvalue weighted by Crippen LogP contribution is 2.28. The first-order valence-corrected chi connectivity index (χ1v) is 10.0. The van der Waals surface area contributed by atoms with E-state index in [0.29, 0.717) is 13.2 Å². The summed E-state index contributed by atoms with van der Waals surface area (Å²) in [6, 6.07) is 14.5. The second-order valence-corrected chi connectivity index (χ2v) is 6.62. The number of hydrogen-bond acceptors (Lipinski definition) is 4. The molecule has 0 aliphatic rings. The normalized spacial score (nSPS) is 11.2. The maximum atomic E-state index is 5.65. The first kappa shape index (κ1) is 22.6. The monoisotopic (exact) mass is 399 g/mol.